The predicted octanol–water partition coefficient (Wildman–Crippen LogP) is 2.91. The Morgan fingerprint density at radius 1 is 1.43 bits per heavy atom. The van der Waals surface area contributed by atoms with Crippen molar-refractivity contribution in [2.45, 2.75) is 26.7 Å². The topological polar surface area (TPSA) is 26.0 Å². The first-order chi connectivity index (χ1) is 6.66. The van der Waals surface area contributed by atoms with Crippen LogP contribution in [0, 0.1) is 17.3 Å². The molecular formula is C12H19NS. The van der Waals surface area contributed by atoms with Gasteiger partial charge in [0, 0.05) is 0 Å². The van der Waals surface area contributed by atoms with Crippen molar-refractivity contribution in [2.24, 2.45) is 23.0 Å². The molecule has 1 aromatic heterocycles. The van der Waals surface area contributed by atoms with Crippen molar-refractivity contribution in [1.29, 1.82) is 0 Å². The molecule has 0 saturated heterocycles. The molecule has 1 aliphatic rings. The highest BCUT2D eigenvalue weighted by atomic mass is 32.1. The first-order valence-electron chi connectivity index (χ1n) is 5.37. The van der Waals surface area contributed by atoms with Crippen molar-refractivity contribution in [3.63, 3.8) is 0 Å². The molecule has 2 atom stereocenters. The van der Waals surface area contributed by atoms with E-state index in [9.17, 15) is 0 Å². The molecule has 1 nitrogen and oxygen atoms in total. The number of nitrogens with two attached hydrogens (primary N) is 1. The largest absolute Gasteiger partial charge is 0.330 e. The molecule has 0 aromatic carbocycles. The molecule has 0 spiro atoms. The number of thiophene rings is 1. The highest BCUT2D eigenvalue weighted by Crippen LogP contribution is 2.59. The van der Waals surface area contributed by atoms with E-state index in [4.69, 9.17) is 5.73 Å². The fourth-order valence-corrected chi connectivity index (χ4v) is 3.36. The van der Waals surface area contributed by atoms with Crippen LogP contribution in [-0.4, -0.2) is 6.54 Å². The minimum absolute atomic E-state index is 0.505. The molecule has 1 fully saturated rings. The second-order valence-corrected chi connectivity index (χ2v) is 5.72. The monoisotopic (exact) mass is 209 g/mol. The fourth-order valence-electron chi connectivity index (χ4n) is 2.66. The van der Waals surface area contributed by atoms with Crippen LogP contribution in [0.3, 0.4) is 0 Å². The van der Waals surface area contributed by atoms with Crippen molar-refractivity contribution < 1.29 is 0 Å². The van der Waals surface area contributed by atoms with Crippen molar-refractivity contribution in [3.05, 3.63) is 22.4 Å². The van der Waals surface area contributed by atoms with Gasteiger partial charge in [0.25, 0.3) is 0 Å². The van der Waals surface area contributed by atoms with Gasteiger partial charge in [-0.25, -0.2) is 0 Å². The van der Waals surface area contributed by atoms with Gasteiger partial charge in [-0.15, -0.1) is 0 Å². The second-order valence-electron chi connectivity index (χ2n) is 4.94. The van der Waals surface area contributed by atoms with Crippen molar-refractivity contribution >= 4 is 11.3 Å². The summed E-state index contributed by atoms with van der Waals surface area (Å²) in [5.41, 5.74) is 7.75. The number of rotatable bonds is 4. The van der Waals surface area contributed by atoms with E-state index in [1.165, 1.54) is 18.4 Å². The summed E-state index contributed by atoms with van der Waals surface area (Å²) in [4.78, 5) is 0. The van der Waals surface area contributed by atoms with Gasteiger partial charge in [0.15, 0.2) is 0 Å². The van der Waals surface area contributed by atoms with E-state index in [-0.39, 0.29) is 0 Å². The molecular weight excluding hydrogens is 190 g/mol. The average molecular weight is 209 g/mol. The molecule has 14 heavy (non-hydrogen) atoms. The minimum Gasteiger partial charge on any atom is -0.330 e. The van der Waals surface area contributed by atoms with Crippen LogP contribution >= 0.6 is 11.3 Å². The zero-order valence-electron chi connectivity index (χ0n) is 8.99. The van der Waals surface area contributed by atoms with E-state index in [1.54, 1.807) is 11.3 Å². The van der Waals surface area contributed by atoms with Gasteiger partial charge in [-0.1, -0.05) is 13.8 Å². The minimum atomic E-state index is 0.505. The maximum absolute atomic E-state index is 5.75. The highest BCUT2D eigenvalue weighted by Gasteiger charge is 2.55. The summed E-state index contributed by atoms with van der Waals surface area (Å²) in [7, 11) is 0. The molecule has 0 unspecified atom stereocenters. The Morgan fingerprint density at radius 2 is 2.21 bits per heavy atom. The standard InChI is InChI=1S/C12H19NS/c1-12(2)10(11(12)7-13)4-3-9-5-6-14-8-9/h5-6,8,10-11H,3-4,7,13H2,1-2H3/t10-,11-/m0/s1. The van der Waals surface area contributed by atoms with Crippen LogP contribution in [0.15, 0.2) is 16.8 Å². The quantitative estimate of drug-likeness (QED) is 0.810. The Hall–Kier alpha value is -0.340. The summed E-state index contributed by atoms with van der Waals surface area (Å²) >= 11 is 1.79. The number of hydrogen-bond donors (Lipinski definition) is 1. The molecule has 0 amide bonds. The molecule has 1 aliphatic carbocycles. The summed E-state index contributed by atoms with van der Waals surface area (Å²) in [5, 5.41) is 4.42. The molecule has 1 saturated carbocycles. The van der Waals surface area contributed by atoms with Gasteiger partial charge in [0.2, 0.25) is 0 Å². The lowest BCUT2D eigenvalue weighted by molar-refractivity contribution is 0.522. The van der Waals surface area contributed by atoms with Gasteiger partial charge in [-0.05, 0) is 59.0 Å². The summed E-state index contributed by atoms with van der Waals surface area (Å²) in [5.74, 6) is 1.62. The molecule has 2 N–H and O–H groups in total. The normalized spacial score (nSPS) is 29.1. The van der Waals surface area contributed by atoms with Gasteiger partial charge >= 0.3 is 0 Å². The van der Waals surface area contributed by atoms with Crippen molar-refractivity contribution in [1.82, 2.24) is 0 Å². The highest BCUT2D eigenvalue weighted by molar-refractivity contribution is 7.07. The van der Waals surface area contributed by atoms with Crippen molar-refractivity contribution in [2.75, 3.05) is 6.54 Å². The van der Waals surface area contributed by atoms with Crippen LogP contribution in [0.25, 0.3) is 0 Å². The SMILES string of the molecule is CC1(C)[C@@H](CN)[C@@H]1CCc1ccsc1. The number of hydrogen-bond acceptors (Lipinski definition) is 2. The third-order valence-electron chi connectivity index (χ3n) is 3.87. The third-order valence-corrected chi connectivity index (χ3v) is 4.60. The van der Waals surface area contributed by atoms with E-state index in [0.29, 0.717) is 5.41 Å². The summed E-state index contributed by atoms with van der Waals surface area (Å²) < 4.78 is 0. The van der Waals surface area contributed by atoms with Gasteiger partial charge in [-0.3, -0.25) is 0 Å². The summed E-state index contributed by atoms with van der Waals surface area (Å²) in [6.45, 7) is 5.56. The lowest BCUT2D eigenvalue weighted by Gasteiger charge is -2.01. The summed E-state index contributed by atoms with van der Waals surface area (Å²) in [6, 6.07) is 2.23. The Balaban J connectivity index is 1.83. The fraction of sp³-hybridized carbons (Fsp3) is 0.667. The zero-order chi connectivity index (χ0) is 10.2. The Morgan fingerprint density at radius 3 is 2.71 bits per heavy atom. The number of aryl methyl sites for hydroxylation is 1. The lowest BCUT2D eigenvalue weighted by atomic mass is 10.0. The van der Waals surface area contributed by atoms with Gasteiger partial charge in [-0.2, -0.15) is 11.3 Å². The first-order valence-corrected chi connectivity index (χ1v) is 6.31. The van der Waals surface area contributed by atoms with E-state index < -0.39 is 0 Å². The molecule has 1 heterocycles. The van der Waals surface area contributed by atoms with E-state index in [0.717, 1.165) is 18.4 Å². The van der Waals surface area contributed by atoms with E-state index in [1.807, 2.05) is 0 Å². The van der Waals surface area contributed by atoms with Crippen LogP contribution < -0.4 is 5.73 Å². The maximum Gasteiger partial charge on any atom is -0.00408 e. The van der Waals surface area contributed by atoms with Gasteiger partial charge in [0.05, 0.1) is 0 Å². The average Bonchev–Trinajstić information content (AvgIpc) is 2.57. The third kappa shape index (κ3) is 1.73. The van der Waals surface area contributed by atoms with Crippen LogP contribution in [0.1, 0.15) is 25.8 Å². The van der Waals surface area contributed by atoms with Gasteiger partial charge in [0.1, 0.15) is 0 Å². The molecule has 1 aromatic rings. The molecule has 2 rings (SSSR count). The first kappa shape index (κ1) is 10.2. The van der Waals surface area contributed by atoms with Crippen LogP contribution in [0.4, 0.5) is 0 Å². The second kappa shape index (κ2) is 3.67. The van der Waals surface area contributed by atoms with E-state index >= 15 is 0 Å². The smallest absolute Gasteiger partial charge is 0.00408 e. The van der Waals surface area contributed by atoms with Crippen LogP contribution in [0.5, 0.6) is 0 Å². The Kier molecular flexibility index (Phi) is 2.67. The van der Waals surface area contributed by atoms with Gasteiger partial charge < -0.3 is 5.73 Å². The molecule has 0 aliphatic heterocycles. The Labute approximate surface area is 90.3 Å². The lowest BCUT2D eigenvalue weighted by Crippen LogP contribution is -2.05. The maximum atomic E-state index is 5.75. The summed E-state index contributed by atoms with van der Waals surface area (Å²) in [6.07, 6.45) is 2.54. The Bertz CT molecular complexity index is 289. The molecule has 0 radical (unpaired) electrons. The van der Waals surface area contributed by atoms with Crippen LogP contribution in [-0.2, 0) is 6.42 Å². The van der Waals surface area contributed by atoms with Crippen LogP contribution in [0.2, 0.25) is 0 Å². The predicted molar refractivity (Wildman–Crippen MR) is 62.5 cm³/mol. The molecule has 2 heteroatoms. The molecule has 0 bridgehead atoms. The molecule has 78 valence electrons. The zero-order valence-corrected chi connectivity index (χ0v) is 9.81. The van der Waals surface area contributed by atoms with E-state index in [2.05, 4.69) is 30.7 Å². The van der Waals surface area contributed by atoms with Crippen molar-refractivity contribution in [3.8, 4) is 0 Å².